The van der Waals surface area contributed by atoms with E-state index in [1.807, 2.05) is 6.92 Å². The van der Waals surface area contributed by atoms with E-state index in [0.717, 1.165) is 31.4 Å². The van der Waals surface area contributed by atoms with Gasteiger partial charge in [-0.25, -0.2) is 4.79 Å². The average Bonchev–Trinajstić information content (AvgIpc) is 2.51. The molecule has 0 unspecified atom stereocenters. The van der Waals surface area contributed by atoms with Crippen LogP contribution in [-0.2, 0) is 9.53 Å². The Morgan fingerprint density at radius 2 is 1.96 bits per heavy atom. The summed E-state index contributed by atoms with van der Waals surface area (Å²) in [4.78, 5) is 33.8. The van der Waals surface area contributed by atoms with Gasteiger partial charge in [0.1, 0.15) is 0 Å². The highest BCUT2D eigenvalue weighted by molar-refractivity contribution is 6.33. The molecule has 0 saturated carbocycles. The molecule has 1 atom stereocenters. The van der Waals surface area contributed by atoms with Gasteiger partial charge in [-0.1, -0.05) is 38.3 Å². The van der Waals surface area contributed by atoms with Crippen molar-refractivity contribution < 1.29 is 19.2 Å². The molecule has 0 aliphatic rings. The number of carbonyl (C=O) groups excluding carboxylic acids is 2. The second kappa shape index (κ2) is 9.98. The van der Waals surface area contributed by atoms with Gasteiger partial charge in [-0.05, 0) is 25.3 Å². The predicted molar refractivity (Wildman–Crippen MR) is 94.7 cm³/mol. The fourth-order valence-corrected chi connectivity index (χ4v) is 2.46. The normalized spacial score (nSPS) is 11.9. The Morgan fingerprint density at radius 1 is 1.28 bits per heavy atom. The second-order valence-electron chi connectivity index (χ2n) is 6.29. The second-order valence-corrected chi connectivity index (χ2v) is 6.70. The van der Waals surface area contributed by atoms with Crippen LogP contribution in [-0.4, -0.2) is 29.4 Å². The number of hydrogen-bond acceptors (Lipinski definition) is 5. The molecule has 1 amide bonds. The number of nitrogens with one attached hydrogen (secondary N) is 1. The third-order valence-corrected chi connectivity index (χ3v) is 3.86. The number of esters is 1. The smallest absolute Gasteiger partial charge is 0.340 e. The molecule has 0 bridgehead atoms. The molecule has 0 radical (unpaired) electrons. The van der Waals surface area contributed by atoms with Gasteiger partial charge in [-0.15, -0.1) is 0 Å². The number of nitro benzene ring substituents is 1. The van der Waals surface area contributed by atoms with Crippen LogP contribution in [0.25, 0.3) is 0 Å². The number of carbonyl (C=O) groups is 2. The lowest BCUT2D eigenvalue weighted by atomic mass is 10.0. The first kappa shape index (κ1) is 20.9. The SMILES string of the molecule is CC(C)CCC[C@@H](C)NC(=O)COC(=O)c1ccc([N+](=O)[O-])cc1Cl. The Labute approximate surface area is 151 Å². The predicted octanol–water partition coefficient (Wildman–Crippen LogP) is 3.74. The first-order chi connectivity index (χ1) is 11.7. The van der Waals surface area contributed by atoms with Gasteiger partial charge in [0.05, 0.1) is 15.5 Å². The highest BCUT2D eigenvalue weighted by Crippen LogP contribution is 2.23. The monoisotopic (exact) mass is 370 g/mol. The highest BCUT2D eigenvalue weighted by atomic mass is 35.5. The molecule has 7 nitrogen and oxygen atoms in total. The molecule has 138 valence electrons. The maximum Gasteiger partial charge on any atom is 0.340 e. The van der Waals surface area contributed by atoms with Gasteiger partial charge in [-0.3, -0.25) is 14.9 Å². The Bertz CT molecular complexity index is 633. The summed E-state index contributed by atoms with van der Waals surface area (Å²) in [5, 5.41) is 13.3. The third-order valence-electron chi connectivity index (χ3n) is 3.54. The van der Waals surface area contributed by atoms with E-state index in [1.165, 1.54) is 6.07 Å². The number of ether oxygens (including phenoxy) is 1. The summed E-state index contributed by atoms with van der Waals surface area (Å²) < 4.78 is 4.91. The Morgan fingerprint density at radius 3 is 2.52 bits per heavy atom. The van der Waals surface area contributed by atoms with Crippen molar-refractivity contribution in [2.45, 2.75) is 46.1 Å². The van der Waals surface area contributed by atoms with Crippen LogP contribution in [0.3, 0.4) is 0 Å². The van der Waals surface area contributed by atoms with Gasteiger partial charge in [0.15, 0.2) is 6.61 Å². The van der Waals surface area contributed by atoms with Crippen LogP contribution < -0.4 is 5.32 Å². The first-order valence-corrected chi connectivity index (χ1v) is 8.49. The Balaban J connectivity index is 2.45. The van der Waals surface area contributed by atoms with Crippen molar-refractivity contribution >= 4 is 29.2 Å². The molecule has 0 aliphatic carbocycles. The third kappa shape index (κ3) is 7.51. The molecule has 0 saturated heterocycles. The summed E-state index contributed by atoms with van der Waals surface area (Å²) in [5.74, 6) is -0.582. The van der Waals surface area contributed by atoms with Gasteiger partial charge >= 0.3 is 5.97 Å². The number of nitrogens with zero attached hydrogens (tertiary/aromatic N) is 1. The quantitative estimate of drug-likeness (QED) is 0.405. The lowest BCUT2D eigenvalue weighted by Crippen LogP contribution is -2.35. The minimum atomic E-state index is -0.803. The van der Waals surface area contributed by atoms with E-state index in [-0.39, 0.29) is 22.3 Å². The van der Waals surface area contributed by atoms with E-state index in [4.69, 9.17) is 16.3 Å². The largest absolute Gasteiger partial charge is 0.452 e. The standard InChI is InChI=1S/C17H23ClN2O5/c1-11(2)5-4-6-12(3)19-16(21)10-25-17(22)14-8-7-13(20(23)24)9-15(14)18/h7-9,11-12H,4-6,10H2,1-3H3,(H,19,21)/t12-/m1/s1. The molecule has 25 heavy (non-hydrogen) atoms. The van der Waals surface area contributed by atoms with Gasteiger partial charge in [-0.2, -0.15) is 0 Å². The summed E-state index contributed by atoms with van der Waals surface area (Å²) in [6.07, 6.45) is 2.96. The van der Waals surface area contributed by atoms with Crippen LogP contribution in [0.2, 0.25) is 5.02 Å². The molecule has 1 aromatic carbocycles. The number of hydrogen-bond donors (Lipinski definition) is 1. The van der Waals surface area contributed by atoms with Crippen molar-refractivity contribution in [2.24, 2.45) is 5.92 Å². The zero-order valence-electron chi connectivity index (χ0n) is 14.6. The fraction of sp³-hybridized carbons (Fsp3) is 0.529. The van der Waals surface area contributed by atoms with Crippen molar-refractivity contribution in [1.29, 1.82) is 0 Å². The molecule has 1 N–H and O–H groups in total. The molecule has 1 aromatic rings. The van der Waals surface area contributed by atoms with Crippen LogP contribution >= 0.6 is 11.6 Å². The van der Waals surface area contributed by atoms with Crippen molar-refractivity contribution in [3.05, 3.63) is 38.9 Å². The number of non-ortho nitro benzene ring substituents is 1. The lowest BCUT2D eigenvalue weighted by molar-refractivity contribution is -0.384. The van der Waals surface area contributed by atoms with Gasteiger partial charge in [0.2, 0.25) is 0 Å². The van der Waals surface area contributed by atoms with E-state index >= 15 is 0 Å². The van der Waals surface area contributed by atoms with Gasteiger partial charge < -0.3 is 10.1 Å². The van der Waals surface area contributed by atoms with E-state index in [1.54, 1.807) is 0 Å². The van der Waals surface area contributed by atoms with E-state index < -0.39 is 23.4 Å². The number of nitro groups is 1. The first-order valence-electron chi connectivity index (χ1n) is 8.11. The average molecular weight is 371 g/mol. The summed E-state index contributed by atoms with van der Waals surface area (Å²) in [6.45, 7) is 5.76. The minimum absolute atomic E-state index is 0.00656. The van der Waals surface area contributed by atoms with Crippen molar-refractivity contribution in [3.63, 3.8) is 0 Å². The van der Waals surface area contributed by atoms with Crippen LogP contribution in [0, 0.1) is 16.0 Å². The van der Waals surface area contributed by atoms with E-state index in [2.05, 4.69) is 19.2 Å². The van der Waals surface area contributed by atoms with Gasteiger partial charge in [0.25, 0.3) is 11.6 Å². The molecule has 1 rings (SSSR count). The summed E-state index contributed by atoms with van der Waals surface area (Å²) in [5.41, 5.74) is -0.250. The number of amides is 1. The topological polar surface area (TPSA) is 98.5 Å². The number of benzene rings is 1. The summed E-state index contributed by atoms with van der Waals surface area (Å²) in [6, 6.07) is 3.41. The molecule has 0 aromatic heterocycles. The Kier molecular flexibility index (Phi) is 8.34. The molecule has 0 fully saturated rings. The molecular weight excluding hydrogens is 348 g/mol. The Hall–Kier alpha value is -2.15. The maximum atomic E-state index is 11.9. The molecule has 8 heteroatoms. The van der Waals surface area contributed by atoms with Crippen molar-refractivity contribution in [1.82, 2.24) is 5.32 Å². The lowest BCUT2D eigenvalue weighted by Gasteiger charge is -2.14. The zero-order valence-corrected chi connectivity index (χ0v) is 15.3. The number of halogens is 1. The van der Waals surface area contributed by atoms with Crippen LogP contribution in [0.4, 0.5) is 5.69 Å². The zero-order chi connectivity index (χ0) is 19.0. The molecule has 0 spiro atoms. The highest BCUT2D eigenvalue weighted by Gasteiger charge is 2.17. The van der Waals surface area contributed by atoms with E-state index in [9.17, 15) is 19.7 Å². The molecule has 0 heterocycles. The number of rotatable bonds is 9. The summed E-state index contributed by atoms with van der Waals surface area (Å²) in [7, 11) is 0. The molecule has 0 aliphatic heterocycles. The molecular formula is C17H23ClN2O5. The van der Waals surface area contributed by atoms with Crippen molar-refractivity contribution in [2.75, 3.05) is 6.61 Å². The fourth-order valence-electron chi connectivity index (χ4n) is 2.21. The van der Waals surface area contributed by atoms with Crippen LogP contribution in [0.1, 0.15) is 50.4 Å². The summed E-state index contributed by atoms with van der Waals surface area (Å²) >= 11 is 5.84. The minimum Gasteiger partial charge on any atom is -0.452 e. The maximum absolute atomic E-state index is 11.9. The van der Waals surface area contributed by atoms with Crippen LogP contribution in [0.15, 0.2) is 18.2 Å². The van der Waals surface area contributed by atoms with Crippen LogP contribution in [0.5, 0.6) is 0 Å². The van der Waals surface area contributed by atoms with E-state index in [0.29, 0.717) is 5.92 Å². The van der Waals surface area contributed by atoms with Gasteiger partial charge in [0, 0.05) is 18.2 Å². The van der Waals surface area contributed by atoms with Crippen molar-refractivity contribution in [3.8, 4) is 0 Å².